The van der Waals surface area contributed by atoms with E-state index in [0.29, 0.717) is 11.3 Å². The summed E-state index contributed by atoms with van der Waals surface area (Å²) in [6, 6.07) is 0.0908. The highest BCUT2D eigenvalue weighted by Crippen LogP contribution is 2.28. The van der Waals surface area contributed by atoms with Gasteiger partial charge in [-0.25, -0.2) is 4.79 Å². The van der Waals surface area contributed by atoms with Crippen molar-refractivity contribution in [2.75, 3.05) is 19.6 Å². The predicted molar refractivity (Wildman–Crippen MR) is 53.6 cm³/mol. The van der Waals surface area contributed by atoms with Crippen LogP contribution in [-0.4, -0.2) is 30.6 Å². The van der Waals surface area contributed by atoms with Crippen molar-refractivity contribution in [3.05, 3.63) is 0 Å². The van der Waals surface area contributed by atoms with E-state index >= 15 is 0 Å². The van der Waals surface area contributed by atoms with Crippen molar-refractivity contribution in [1.29, 1.82) is 0 Å². The van der Waals surface area contributed by atoms with Crippen LogP contribution in [0.25, 0.3) is 0 Å². The molecule has 0 aromatic carbocycles. The Morgan fingerprint density at radius 2 is 2.00 bits per heavy atom. The van der Waals surface area contributed by atoms with E-state index in [1.54, 1.807) is 0 Å². The maximum atomic E-state index is 11.4. The topological polar surface area (TPSA) is 32.3 Å². The van der Waals surface area contributed by atoms with Gasteiger partial charge in [0.1, 0.15) is 0 Å². The van der Waals surface area contributed by atoms with Crippen LogP contribution < -0.4 is 5.32 Å². The van der Waals surface area contributed by atoms with Crippen LogP contribution in [0.4, 0.5) is 4.79 Å². The van der Waals surface area contributed by atoms with Gasteiger partial charge in [0.25, 0.3) is 0 Å². The van der Waals surface area contributed by atoms with E-state index in [9.17, 15) is 4.79 Å². The van der Waals surface area contributed by atoms with Crippen LogP contribution in [0, 0.1) is 11.3 Å². The first-order valence-electron chi connectivity index (χ1n) is 4.93. The van der Waals surface area contributed by atoms with Gasteiger partial charge in [0, 0.05) is 25.0 Å². The Hall–Kier alpha value is -0.730. The minimum atomic E-state index is 0.0908. The molecule has 3 heteroatoms. The zero-order valence-corrected chi connectivity index (χ0v) is 9.05. The molecule has 1 aliphatic rings. The van der Waals surface area contributed by atoms with Crippen LogP contribution in [-0.2, 0) is 0 Å². The van der Waals surface area contributed by atoms with E-state index in [-0.39, 0.29) is 6.03 Å². The largest absolute Gasteiger partial charge is 0.338 e. The predicted octanol–water partition coefficient (Wildman–Crippen LogP) is 1.69. The van der Waals surface area contributed by atoms with E-state index in [2.05, 4.69) is 33.0 Å². The molecular weight excluding hydrogens is 164 g/mol. The molecule has 1 saturated heterocycles. The molecule has 0 aliphatic carbocycles. The maximum absolute atomic E-state index is 11.4. The first-order valence-corrected chi connectivity index (χ1v) is 4.93. The molecule has 0 aromatic heterocycles. The Morgan fingerprint density at radius 3 is 2.38 bits per heavy atom. The summed E-state index contributed by atoms with van der Waals surface area (Å²) in [6.45, 7) is 11.1. The number of nitrogens with zero attached hydrogens (tertiary/aromatic N) is 1. The third kappa shape index (κ3) is 2.90. The molecule has 1 rings (SSSR count). The number of nitrogens with one attached hydrogen (secondary N) is 1. The normalized spacial score (nSPS) is 19.9. The standard InChI is InChI=1S/C10H20N2O/c1-8(2)5-11-9(13)12-6-10(3,4)7-12/h8H,5-7H2,1-4H3,(H,11,13). The van der Waals surface area contributed by atoms with Crippen LogP contribution in [0.5, 0.6) is 0 Å². The van der Waals surface area contributed by atoms with Crippen LogP contribution in [0.15, 0.2) is 0 Å². The summed E-state index contributed by atoms with van der Waals surface area (Å²) in [4.78, 5) is 13.3. The van der Waals surface area contributed by atoms with Crippen molar-refractivity contribution >= 4 is 6.03 Å². The molecule has 0 atom stereocenters. The molecule has 76 valence electrons. The first kappa shape index (κ1) is 10.4. The average molecular weight is 184 g/mol. The Morgan fingerprint density at radius 1 is 1.46 bits per heavy atom. The highest BCUT2D eigenvalue weighted by molar-refractivity contribution is 5.75. The van der Waals surface area contributed by atoms with Gasteiger partial charge in [-0.15, -0.1) is 0 Å². The van der Waals surface area contributed by atoms with Crippen molar-refractivity contribution in [3.8, 4) is 0 Å². The highest BCUT2D eigenvalue weighted by atomic mass is 16.2. The lowest BCUT2D eigenvalue weighted by atomic mass is 9.85. The quantitative estimate of drug-likeness (QED) is 0.696. The van der Waals surface area contributed by atoms with E-state index in [1.807, 2.05) is 4.90 Å². The summed E-state index contributed by atoms with van der Waals surface area (Å²) in [5, 5.41) is 2.91. The molecule has 2 amide bonds. The van der Waals surface area contributed by atoms with E-state index in [0.717, 1.165) is 19.6 Å². The van der Waals surface area contributed by atoms with Gasteiger partial charge < -0.3 is 10.2 Å². The third-order valence-corrected chi connectivity index (χ3v) is 2.19. The molecule has 0 aromatic rings. The number of hydrogen-bond acceptors (Lipinski definition) is 1. The van der Waals surface area contributed by atoms with Gasteiger partial charge in [-0.1, -0.05) is 27.7 Å². The van der Waals surface area contributed by atoms with Gasteiger partial charge in [-0.2, -0.15) is 0 Å². The molecule has 0 radical (unpaired) electrons. The fourth-order valence-corrected chi connectivity index (χ4v) is 1.53. The summed E-state index contributed by atoms with van der Waals surface area (Å²) in [7, 11) is 0. The van der Waals surface area contributed by atoms with Crippen LogP contribution >= 0.6 is 0 Å². The third-order valence-electron chi connectivity index (χ3n) is 2.19. The minimum Gasteiger partial charge on any atom is -0.338 e. The summed E-state index contributed by atoms with van der Waals surface area (Å²) < 4.78 is 0. The SMILES string of the molecule is CC(C)CNC(=O)N1CC(C)(C)C1. The van der Waals surface area contributed by atoms with E-state index in [1.165, 1.54) is 0 Å². The molecule has 0 spiro atoms. The molecule has 1 N–H and O–H groups in total. The number of carbonyl (C=O) groups excluding carboxylic acids is 1. The van der Waals surface area contributed by atoms with Crippen LogP contribution in [0.2, 0.25) is 0 Å². The van der Waals surface area contributed by atoms with Gasteiger partial charge in [-0.3, -0.25) is 0 Å². The maximum Gasteiger partial charge on any atom is 0.317 e. The smallest absolute Gasteiger partial charge is 0.317 e. The molecule has 1 fully saturated rings. The molecule has 0 bridgehead atoms. The number of carbonyl (C=O) groups is 1. The lowest BCUT2D eigenvalue weighted by molar-refractivity contribution is 0.0614. The summed E-state index contributed by atoms with van der Waals surface area (Å²) in [6.07, 6.45) is 0. The monoisotopic (exact) mass is 184 g/mol. The van der Waals surface area contributed by atoms with Crippen molar-refractivity contribution in [1.82, 2.24) is 10.2 Å². The Kier molecular flexibility index (Phi) is 2.84. The minimum absolute atomic E-state index is 0.0908. The van der Waals surface area contributed by atoms with Crippen LogP contribution in [0.3, 0.4) is 0 Å². The second-order valence-electron chi connectivity index (χ2n) is 5.10. The Labute approximate surface area is 80.5 Å². The molecule has 1 heterocycles. The van der Waals surface area contributed by atoms with Crippen molar-refractivity contribution in [2.45, 2.75) is 27.7 Å². The molecule has 1 aliphatic heterocycles. The van der Waals surface area contributed by atoms with Gasteiger partial charge >= 0.3 is 6.03 Å². The summed E-state index contributed by atoms with van der Waals surface area (Å²) in [5.41, 5.74) is 0.329. The van der Waals surface area contributed by atoms with Crippen LogP contribution in [0.1, 0.15) is 27.7 Å². The van der Waals surface area contributed by atoms with Gasteiger partial charge in [0.05, 0.1) is 0 Å². The molecule has 13 heavy (non-hydrogen) atoms. The van der Waals surface area contributed by atoms with E-state index in [4.69, 9.17) is 0 Å². The summed E-state index contributed by atoms with van der Waals surface area (Å²) in [5.74, 6) is 0.526. The van der Waals surface area contributed by atoms with E-state index < -0.39 is 0 Å². The average Bonchev–Trinajstić information content (AvgIpc) is 1.95. The Bertz CT molecular complexity index is 191. The zero-order valence-electron chi connectivity index (χ0n) is 9.05. The van der Waals surface area contributed by atoms with Gasteiger partial charge in [0.15, 0.2) is 0 Å². The molecule has 0 saturated carbocycles. The fraction of sp³-hybridized carbons (Fsp3) is 0.900. The van der Waals surface area contributed by atoms with Crippen molar-refractivity contribution < 1.29 is 4.79 Å². The number of urea groups is 1. The lowest BCUT2D eigenvalue weighted by Crippen LogP contribution is -2.58. The number of likely N-dealkylation sites (tertiary alicyclic amines) is 1. The van der Waals surface area contributed by atoms with Gasteiger partial charge in [0.2, 0.25) is 0 Å². The van der Waals surface area contributed by atoms with Crippen molar-refractivity contribution in [3.63, 3.8) is 0 Å². The first-order chi connectivity index (χ1) is 5.91. The number of rotatable bonds is 2. The zero-order chi connectivity index (χ0) is 10.1. The fourth-order valence-electron chi connectivity index (χ4n) is 1.53. The van der Waals surface area contributed by atoms with Crippen molar-refractivity contribution in [2.24, 2.45) is 11.3 Å². The molecule has 3 nitrogen and oxygen atoms in total. The lowest BCUT2D eigenvalue weighted by Gasteiger charge is -2.45. The second kappa shape index (κ2) is 3.56. The van der Waals surface area contributed by atoms with Gasteiger partial charge in [-0.05, 0) is 5.92 Å². The molecule has 0 unspecified atom stereocenters. The number of amides is 2. The Balaban J connectivity index is 2.20. The summed E-state index contributed by atoms with van der Waals surface area (Å²) >= 11 is 0. The highest BCUT2D eigenvalue weighted by Gasteiger charge is 2.36. The second-order valence-corrected chi connectivity index (χ2v) is 5.10. The molecular formula is C10H20N2O. The number of hydrogen-bond donors (Lipinski definition) is 1.